The molecule has 5 rings (SSSR count). The molecule has 9 heteroatoms. The number of fused-ring (bicyclic) bond motifs is 1. The zero-order valence-corrected chi connectivity index (χ0v) is 23.4. The summed E-state index contributed by atoms with van der Waals surface area (Å²) in [4.78, 5) is 39.4. The molecule has 1 fully saturated rings. The van der Waals surface area contributed by atoms with Crippen LogP contribution in [0.1, 0.15) is 55.7 Å². The van der Waals surface area contributed by atoms with Crippen LogP contribution in [0.5, 0.6) is 11.5 Å². The molecular weight excluding hydrogens is 524 g/mol. The van der Waals surface area contributed by atoms with E-state index in [1.54, 1.807) is 13.2 Å². The zero-order chi connectivity index (χ0) is 29.4. The molecule has 0 radical (unpaired) electrons. The van der Waals surface area contributed by atoms with Crippen molar-refractivity contribution in [1.29, 1.82) is 0 Å². The molecule has 1 heterocycles. The van der Waals surface area contributed by atoms with Gasteiger partial charge in [0, 0.05) is 30.5 Å². The Labute approximate surface area is 238 Å². The fraction of sp³-hybridized carbons (Fsp3) is 0.406. The van der Waals surface area contributed by atoms with Crippen LogP contribution in [-0.2, 0) is 27.3 Å². The number of aromatic hydroxyl groups is 1. The van der Waals surface area contributed by atoms with E-state index in [-0.39, 0.29) is 58.5 Å². The summed E-state index contributed by atoms with van der Waals surface area (Å²) in [6.45, 7) is 4.28. The van der Waals surface area contributed by atoms with Gasteiger partial charge in [-0.3, -0.25) is 19.3 Å². The van der Waals surface area contributed by atoms with E-state index in [0.717, 1.165) is 36.3 Å². The Morgan fingerprint density at radius 2 is 1.76 bits per heavy atom. The number of methoxy groups -OCH3 is 1. The summed E-state index contributed by atoms with van der Waals surface area (Å²) in [7, 11) is 1.60. The summed E-state index contributed by atoms with van der Waals surface area (Å²) in [6.07, 6.45) is 3.06. The monoisotopic (exact) mass is 560 g/mol. The maximum Gasteiger partial charge on any atom is 0.255 e. The minimum absolute atomic E-state index is 0.00307. The topological polar surface area (TPSA) is 150 Å². The molecule has 1 amide bonds. The molecule has 216 valence electrons. The SMILES string of the molecule is COc1ccc(CN2CCCC2)cc1-c1ccc(O)c2c1CC(CC1CC(=O)C(C(N)=O)=C(O)C1)C(C(C)=O)=C2O. The van der Waals surface area contributed by atoms with E-state index in [0.29, 0.717) is 24.2 Å². The molecule has 2 aromatic carbocycles. The molecule has 0 aromatic heterocycles. The molecule has 3 aliphatic rings. The number of benzene rings is 2. The minimum Gasteiger partial charge on any atom is -0.511 e. The van der Waals surface area contributed by atoms with E-state index in [1.165, 1.54) is 25.8 Å². The van der Waals surface area contributed by atoms with Crippen molar-refractivity contribution in [3.63, 3.8) is 0 Å². The Morgan fingerprint density at radius 1 is 1.02 bits per heavy atom. The molecule has 41 heavy (non-hydrogen) atoms. The zero-order valence-electron chi connectivity index (χ0n) is 23.4. The van der Waals surface area contributed by atoms with Gasteiger partial charge >= 0.3 is 0 Å². The van der Waals surface area contributed by atoms with Crippen LogP contribution in [0.3, 0.4) is 0 Å². The number of primary amides is 1. The van der Waals surface area contributed by atoms with Crippen molar-refractivity contribution in [2.24, 2.45) is 17.6 Å². The Hall–Kier alpha value is -4.11. The molecule has 2 unspecified atom stereocenters. The van der Waals surface area contributed by atoms with Gasteiger partial charge in [0.2, 0.25) is 0 Å². The Bertz CT molecular complexity index is 1480. The van der Waals surface area contributed by atoms with Crippen LogP contribution in [-0.4, -0.2) is 57.9 Å². The predicted octanol–water partition coefficient (Wildman–Crippen LogP) is 4.36. The third kappa shape index (κ3) is 5.46. The van der Waals surface area contributed by atoms with Crippen molar-refractivity contribution in [3.05, 3.63) is 63.9 Å². The van der Waals surface area contributed by atoms with Gasteiger partial charge in [-0.05, 0) is 92.4 Å². The second-order valence-corrected chi connectivity index (χ2v) is 11.3. The molecule has 9 nitrogen and oxygen atoms in total. The van der Waals surface area contributed by atoms with Gasteiger partial charge in [-0.1, -0.05) is 12.1 Å². The number of phenols is 1. The number of allylic oxidation sites excluding steroid dienone is 2. The maximum absolute atomic E-state index is 12.8. The predicted molar refractivity (Wildman–Crippen MR) is 153 cm³/mol. The number of ketones is 2. The number of aliphatic hydroxyl groups is 2. The van der Waals surface area contributed by atoms with Gasteiger partial charge in [0.15, 0.2) is 11.6 Å². The maximum atomic E-state index is 12.8. The van der Waals surface area contributed by atoms with Crippen LogP contribution in [0.2, 0.25) is 0 Å². The van der Waals surface area contributed by atoms with Crippen molar-refractivity contribution in [2.45, 2.75) is 52.0 Å². The van der Waals surface area contributed by atoms with Crippen molar-refractivity contribution in [1.82, 2.24) is 4.90 Å². The molecule has 2 aromatic rings. The quantitative estimate of drug-likeness (QED) is 0.348. The van der Waals surface area contributed by atoms with Crippen molar-refractivity contribution >= 4 is 23.2 Å². The van der Waals surface area contributed by atoms with Crippen LogP contribution >= 0.6 is 0 Å². The number of likely N-dealkylation sites (tertiary alicyclic amines) is 1. The average Bonchev–Trinajstić information content (AvgIpc) is 3.41. The molecule has 0 bridgehead atoms. The minimum atomic E-state index is -0.958. The fourth-order valence-electron chi connectivity index (χ4n) is 6.78. The molecule has 2 atom stereocenters. The third-order valence-corrected chi connectivity index (χ3v) is 8.57. The number of hydrogen-bond acceptors (Lipinski definition) is 8. The summed E-state index contributed by atoms with van der Waals surface area (Å²) in [5.74, 6) is -2.79. The van der Waals surface area contributed by atoms with Crippen molar-refractivity contribution < 1.29 is 34.4 Å². The highest BCUT2D eigenvalue weighted by atomic mass is 16.5. The summed E-state index contributed by atoms with van der Waals surface area (Å²) in [5, 5.41) is 32.7. The van der Waals surface area contributed by atoms with Crippen LogP contribution in [0.25, 0.3) is 16.9 Å². The number of aliphatic hydroxyl groups excluding tert-OH is 2. The standard InChI is InChI=1S/C32H36N2O7/c1-17(35)28-20(11-19-13-25(37)30(32(33)40)26(38)14-19)15-23-21(6-7-24(36)29(23)31(28)39)22-12-18(5-8-27(22)41-2)16-34-9-3-4-10-34/h5-8,12,19-20,36-37,39H,3-4,9-11,13-16H2,1-2H3,(H2,33,40). The molecule has 2 aliphatic carbocycles. The summed E-state index contributed by atoms with van der Waals surface area (Å²) < 4.78 is 5.72. The summed E-state index contributed by atoms with van der Waals surface area (Å²) in [5.41, 5.74) is 8.69. The molecule has 0 saturated carbocycles. The lowest BCUT2D eigenvalue weighted by molar-refractivity contribution is -0.122. The van der Waals surface area contributed by atoms with Gasteiger partial charge in [0.25, 0.3) is 5.91 Å². The third-order valence-electron chi connectivity index (χ3n) is 8.57. The number of carbonyl (C=O) groups is 3. The van der Waals surface area contributed by atoms with Gasteiger partial charge in [0.05, 0.1) is 12.7 Å². The molecular formula is C32H36N2O7. The fourth-order valence-corrected chi connectivity index (χ4v) is 6.78. The number of carbonyl (C=O) groups excluding carboxylic acids is 3. The Morgan fingerprint density at radius 3 is 2.39 bits per heavy atom. The van der Waals surface area contributed by atoms with Gasteiger partial charge < -0.3 is 25.8 Å². The normalized spacial score (nSPS) is 21.3. The Kier molecular flexibility index (Phi) is 7.91. The number of phenolic OH excluding ortho intramolecular Hbond substituents is 1. The molecule has 1 saturated heterocycles. The number of ether oxygens (including phenoxy) is 1. The van der Waals surface area contributed by atoms with Crippen molar-refractivity contribution in [3.8, 4) is 22.6 Å². The van der Waals surface area contributed by atoms with E-state index in [1.807, 2.05) is 12.1 Å². The Balaban J connectivity index is 1.56. The number of nitrogens with two attached hydrogens (primary N) is 1. The highest BCUT2D eigenvalue weighted by Crippen LogP contribution is 2.47. The van der Waals surface area contributed by atoms with Gasteiger partial charge in [-0.15, -0.1) is 0 Å². The second kappa shape index (κ2) is 11.4. The van der Waals surface area contributed by atoms with Gasteiger partial charge in [-0.25, -0.2) is 0 Å². The lowest BCUT2D eigenvalue weighted by Crippen LogP contribution is -2.31. The van der Waals surface area contributed by atoms with Crippen LogP contribution in [0.15, 0.2) is 47.2 Å². The lowest BCUT2D eigenvalue weighted by Gasteiger charge is -2.32. The molecule has 0 spiro atoms. The lowest BCUT2D eigenvalue weighted by atomic mass is 9.72. The largest absolute Gasteiger partial charge is 0.511 e. The number of Topliss-reactive ketones (excluding diaryl/α,β-unsaturated/α-hetero) is 2. The first-order valence-corrected chi connectivity index (χ1v) is 14.0. The van der Waals surface area contributed by atoms with Crippen LogP contribution in [0, 0.1) is 11.8 Å². The molecule has 1 aliphatic heterocycles. The van der Waals surface area contributed by atoms with Crippen LogP contribution in [0.4, 0.5) is 0 Å². The average molecular weight is 561 g/mol. The smallest absolute Gasteiger partial charge is 0.255 e. The van der Waals surface area contributed by atoms with Crippen LogP contribution < -0.4 is 10.5 Å². The highest BCUT2D eigenvalue weighted by Gasteiger charge is 2.38. The summed E-state index contributed by atoms with van der Waals surface area (Å²) >= 11 is 0. The number of nitrogens with zero attached hydrogens (tertiary/aromatic N) is 1. The first-order chi connectivity index (χ1) is 19.6. The van der Waals surface area contributed by atoms with E-state index < -0.39 is 17.6 Å². The van der Waals surface area contributed by atoms with Crippen molar-refractivity contribution in [2.75, 3.05) is 20.2 Å². The number of rotatable bonds is 8. The number of hydrogen-bond donors (Lipinski definition) is 4. The van der Waals surface area contributed by atoms with E-state index in [4.69, 9.17) is 10.5 Å². The van der Waals surface area contributed by atoms with Gasteiger partial charge in [0.1, 0.15) is 28.6 Å². The summed E-state index contributed by atoms with van der Waals surface area (Å²) in [6, 6.07) is 9.36. The second-order valence-electron chi connectivity index (χ2n) is 11.3. The van der Waals surface area contributed by atoms with E-state index >= 15 is 0 Å². The molecule has 5 N–H and O–H groups in total. The highest BCUT2D eigenvalue weighted by molar-refractivity contribution is 6.19. The van der Waals surface area contributed by atoms with Gasteiger partial charge in [-0.2, -0.15) is 0 Å². The first kappa shape index (κ1) is 28.4. The first-order valence-electron chi connectivity index (χ1n) is 14.0. The van der Waals surface area contributed by atoms with E-state index in [2.05, 4.69) is 11.0 Å². The van der Waals surface area contributed by atoms with E-state index in [9.17, 15) is 29.7 Å². The number of amides is 1.